The molecule has 6 atom stereocenters. The molecule has 0 spiro atoms. The summed E-state index contributed by atoms with van der Waals surface area (Å²) in [5, 5.41) is 21.9. The Morgan fingerprint density at radius 1 is 1.33 bits per heavy atom. The Balaban J connectivity index is 1.78. The van der Waals surface area contributed by atoms with Gasteiger partial charge in [0, 0.05) is 31.5 Å². The molecular formula is C23H30O4. The highest BCUT2D eigenvalue weighted by Gasteiger charge is 2.84. The summed E-state index contributed by atoms with van der Waals surface area (Å²) >= 11 is 0. The number of rotatable bonds is 6. The number of hydrogen-bond acceptors (Lipinski definition) is 4. The molecular weight excluding hydrogens is 340 g/mol. The van der Waals surface area contributed by atoms with Crippen molar-refractivity contribution in [3.63, 3.8) is 0 Å². The van der Waals surface area contributed by atoms with E-state index in [2.05, 4.69) is 13.5 Å². The van der Waals surface area contributed by atoms with Crippen LogP contribution in [0.4, 0.5) is 0 Å². The number of ether oxygens (including phenoxy) is 1. The lowest BCUT2D eigenvalue weighted by molar-refractivity contribution is -0.265. The molecule has 3 saturated carbocycles. The predicted molar refractivity (Wildman–Crippen MR) is 103 cm³/mol. The third-order valence-corrected chi connectivity index (χ3v) is 8.08. The van der Waals surface area contributed by atoms with E-state index in [1.807, 2.05) is 30.3 Å². The zero-order valence-electron chi connectivity index (χ0n) is 16.3. The van der Waals surface area contributed by atoms with Crippen molar-refractivity contribution < 1.29 is 19.7 Å². The highest BCUT2D eigenvalue weighted by molar-refractivity contribution is 5.90. The number of aryl methyl sites for hydroxylation is 1. The number of aliphatic hydroxyl groups is 2. The van der Waals surface area contributed by atoms with Crippen molar-refractivity contribution in [1.82, 2.24) is 0 Å². The first-order valence-corrected chi connectivity index (χ1v) is 10.0. The topological polar surface area (TPSA) is 66.8 Å². The van der Waals surface area contributed by atoms with E-state index in [1.165, 1.54) is 7.11 Å². The van der Waals surface area contributed by atoms with Crippen molar-refractivity contribution >= 4 is 5.78 Å². The molecule has 0 aliphatic heterocycles. The van der Waals surface area contributed by atoms with Gasteiger partial charge < -0.3 is 14.9 Å². The van der Waals surface area contributed by atoms with Crippen LogP contribution in [0.5, 0.6) is 0 Å². The average molecular weight is 370 g/mol. The minimum Gasteiger partial charge on any atom is -0.396 e. The molecule has 0 unspecified atom stereocenters. The van der Waals surface area contributed by atoms with Gasteiger partial charge in [-0.1, -0.05) is 55.8 Å². The van der Waals surface area contributed by atoms with E-state index in [0.29, 0.717) is 12.8 Å². The van der Waals surface area contributed by atoms with Crippen LogP contribution in [-0.2, 0) is 16.0 Å². The molecule has 4 nitrogen and oxygen atoms in total. The van der Waals surface area contributed by atoms with Crippen LogP contribution in [0.1, 0.15) is 38.2 Å². The lowest BCUT2D eigenvalue weighted by Gasteiger charge is -2.55. The molecule has 146 valence electrons. The first-order valence-electron chi connectivity index (χ1n) is 10.0. The Hall–Kier alpha value is -1.49. The second kappa shape index (κ2) is 6.26. The molecule has 1 aromatic carbocycles. The maximum atomic E-state index is 13.8. The average Bonchev–Trinajstić information content (AvgIpc) is 3.01. The number of carbonyl (C=O) groups is 1. The fourth-order valence-electron chi connectivity index (χ4n) is 7.05. The van der Waals surface area contributed by atoms with E-state index in [4.69, 9.17) is 4.74 Å². The van der Waals surface area contributed by atoms with Crippen molar-refractivity contribution in [2.45, 2.75) is 44.8 Å². The number of fused-ring (bicyclic) bond motifs is 1. The molecule has 3 aliphatic rings. The first-order chi connectivity index (χ1) is 12.9. The fourth-order valence-corrected chi connectivity index (χ4v) is 7.05. The zero-order valence-corrected chi connectivity index (χ0v) is 16.3. The number of Topliss-reactive ketones (excluding diaryl/α,β-unsaturated/α-hetero) is 1. The molecule has 0 aromatic heterocycles. The lowest BCUT2D eigenvalue weighted by atomic mass is 9.47. The Morgan fingerprint density at radius 2 is 2.04 bits per heavy atom. The molecule has 0 amide bonds. The quantitative estimate of drug-likeness (QED) is 0.596. The summed E-state index contributed by atoms with van der Waals surface area (Å²) in [5.74, 6) is -2.14. The van der Waals surface area contributed by atoms with Crippen LogP contribution in [0.25, 0.3) is 0 Å². The van der Waals surface area contributed by atoms with Crippen molar-refractivity contribution in [1.29, 1.82) is 0 Å². The van der Waals surface area contributed by atoms with Crippen molar-refractivity contribution in [3.8, 4) is 0 Å². The summed E-state index contributed by atoms with van der Waals surface area (Å²) in [6, 6.07) is 9.97. The molecule has 3 fully saturated rings. The van der Waals surface area contributed by atoms with Gasteiger partial charge in [0.05, 0.1) is 5.41 Å². The van der Waals surface area contributed by atoms with E-state index >= 15 is 0 Å². The summed E-state index contributed by atoms with van der Waals surface area (Å²) in [7, 11) is 1.49. The van der Waals surface area contributed by atoms with Gasteiger partial charge in [-0.25, -0.2) is 0 Å². The minimum absolute atomic E-state index is 0.0518. The summed E-state index contributed by atoms with van der Waals surface area (Å²) in [6.07, 6.45) is 3.66. The van der Waals surface area contributed by atoms with Gasteiger partial charge in [-0.05, 0) is 36.7 Å². The van der Waals surface area contributed by atoms with Crippen LogP contribution < -0.4 is 0 Å². The number of methoxy groups -OCH3 is 1. The van der Waals surface area contributed by atoms with Crippen LogP contribution in [0, 0.1) is 28.6 Å². The monoisotopic (exact) mass is 370 g/mol. The number of benzene rings is 1. The van der Waals surface area contributed by atoms with Gasteiger partial charge in [-0.15, -0.1) is 0 Å². The largest absolute Gasteiger partial charge is 0.396 e. The number of aliphatic hydroxyl groups excluding tert-OH is 1. The van der Waals surface area contributed by atoms with Gasteiger partial charge in [0.15, 0.2) is 5.79 Å². The number of hydrogen-bond donors (Lipinski definition) is 2. The fraction of sp³-hybridized carbons (Fsp3) is 0.609. The molecule has 2 N–H and O–H groups in total. The smallest absolute Gasteiger partial charge is 0.185 e. The molecule has 4 rings (SSSR count). The van der Waals surface area contributed by atoms with Gasteiger partial charge >= 0.3 is 0 Å². The maximum Gasteiger partial charge on any atom is 0.185 e. The van der Waals surface area contributed by atoms with Crippen LogP contribution in [-0.4, -0.2) is 35.5 Å². The van der Waals surface area contributed by atoms with Crippen LogP contribution in [0.3, 0.4) is 0 Å². The molecule has 0 radical (unpaired) electrons. The summed E-state index contributed by atoms with van der Waals surface area (Å²) in [5.41, 5.74) is 0.500. The summed E-state index contributed by atoms with van der Waals surface area (Å²) < 4.78 is 5.73. The van der Waals surface area contributed by atoms with E-state index in [0.717, 1.165) is 30.4 Å². The third kappa shape index (κ3) is 2.07. The standard InChI is InChI=1S/C23H30O4/c1-15-20-17(14-24)18-10-7-13-21(15,2)22(18,23(20,26)27-3)19(25)12-11-16-8-5-4-6-9-16/h4-6,8-9,17-18,20,24,26H,1,7,10-14H2,2-3H3/t17-,18-,20+,21+,22-,23-/m1/s1. The Kier molecular flexibility index (Phi) is 4.37. The lowest BCUT2D eigenvalue weighted by Crippen LogP contribution is -2.61. The molecule has 0 heterocycles. The molecule has 1 aromatic rings. The van der Waals surface area contributed by atoms with E-state index in [-0.39, 0.29) is 30.1 Å². The number of ketones is 1. The van der Waals surface area contributed by atoms with Gasteiger partial charge in [0.25, 0.3) is 0 Å². The molecule has 0 saturated heterocycles. The van der Waals surface area contributed by atoms with Crippen molar-refractivity contribution in [3.05, 3.63) is 48.0 Å². The number of carbonyl (C=O) groups excluding carboxylic acids is 1. The molecule has 2 bridgehead atoms. The van der Waals surface area contributed by atoms with E-state index < -0.39 is 16.6 Å². The Bertz CT molecular complexity index is 759. The summed E-state index contributed by atoms with van der Waals surface area (Å²) in [6.45, 7) is 6.34. The highest BCUT2D eigenvalue weighted by Crippen LogP contribution is 2.79. The maximum absolute atomic E-state index is 13.8. The molecule has 27 heavy (non-hydrogen) atoms. The van der Waals surface area contributed by atoms with Gasteiger partial charge in [-0.2, -0.15) is 0 Å². The van der Waals surface area contributed by atoms with Gasteiger partial charge in [-0.3, -0.25) is 4.79 Å². The highest BCUT2D eigenvalue weighted by atomic mass is 16.6. The van der Waals surface area contributed by atoms with Gasteiger partial charge in [0.2, 0.25) is 0 Å². The normalized spacial score (nSPS) is 42.5. The zero-order chi connectivity index (χ0) is 19.4. The van der Waals surface area contributed by atoms with Crippen LogP contribution in [0.2, 0.25) is 0 Å². The third-order valence-electron chi connectivity index (χ3n) is 8.08. The summed E-state index contributed by atoms with van der Waals surface area (Å²) in [4.78, 5) is 13.8. The Morgan fingerprint density at radius 3 is 2.67 bits per heavy atom. The second-order valence-corrected chi connectivity index (χ2v) is 8.80. The second-order valence-electron chi connectivity index (χ2n) is 8.80. The van der Waals surface area contributed by atoms with E-state index in [1.54, 1.807) is 0 Å². The van der Waals surface area contributed by atoms with Gasteiger partial charge in [0.1, 0.15) is 5.78 Å². The van der Waals surface area contributed by atoms with E-state index in [9.17, 15) is 15.0 Å². The van der Waals surface area contributed by atoms with Crippen molar-refractivity contribution in [2.24, 2.45) is 28.6 Å². The minimum atomic E-state index is -1.58. The molecule has 3 aliphatic carbocycles. The predicted octanol–water partition coefficient (Wildman–Crippen LogP) is 3.12. The first kappa shape index (κ1) is 18.9. The Labute approximate surface area is 161 Å². The van der Waals surface area contributed by atoms with Crippen LogP contribution >= 0.6 is 0 Å². The van der Waals surface area contributed by atoms with Crippen molar-refractivity contribution in [2.75, 3.05) is 13.7 Å². The SMILES string of the molecule is C=C1[C@H]2[C@H](CO)[C@H]3CCC[C@]1(C)[C@@]3(C(=O)CCc1ccccc1)[C@]2(O)OC. The van der Waals surface area contributed by atoms with Crippen LogP contribution in [0.15, 0.2) is 42.5 Å². The molecule has 4 heteroatoms.